The zero-order valence-electron chi connectivity index (χ0n) is 11.3. The monoisotopic (exact) mass is 246 g/mol. The van der Waals surface area contributed by atoms with E-state index in [1.807, 2.05) is 51.1 Å². The highest BCUT2D eigenvalue weighted by atomic mass is 19.1. The van der Waals surface area contributed by atoms with Gasteiger partial charge in [-0.3, -0.25) is 0 Å². The third-order valence-corrected chi connectivity index (χ3v) is 2.53. The van der Waals surface area contributed by atoms with Crippen molar-refractivity contribution in [3.8, 4) is 16.9 Å². The molecule has 0 fully saturated rings. The van der Waals surface area contributed by atoms with Crippen molar-refractivity contribution in [2.45, 2.75) is 20.8 Å². The summed E-state index contributed by atoms with van der Waals surface area (Å²) in [6.45, 7) is 5.88. The molecule has 0 N–H and O–H groups in total. The highest BCUT2D eigenvalue weighted by molar-refractivity contribution is 5.65. The Labute approximate surface area is 108 Å². The summed E-state index contributed by atoms with van der Waals surface area (Å²) in [6, 6.07) is 12.6. The Bertz CT molecular complexity index is 489. The molecule has 2 aromatic rings. The molecule has 0 saturated heterocycles. The first-order valence-electron chi connectivity index (χ1n) is 6.11. The van der Waals surface area contributed by atoms with Crippen LogP contribution in [-0.2, 0) is 0 Å². The zero-order chi connectivity index (χ0) is 13.5. The van der Waals surface area contributed by atoms with Crippen molar-refractivity contribution >= 4 is 0 Å². The zero-order valence-corrected chi connectivity index (χ0v) is 11.3. The van der Waals surface area contributed by atoms with Gasteiger partial charge < -0.3 is 4.74 Å². The van der Waals surface area contributed by atoms with Crippen LogP contribution in [0.1, 0.15) is 19.4 Å². The molecule has 18 heavy (non-hydrogen) atoms. The minimum atomic E-state index is -0.190. The van der Waals surface area contributed by atoms with E-state index in [1.165, 1.54) is 0 Å². The summed E-state index contributed by atoms with van der Waals surface area (Å²) in [5.41, 5.74) is 2.40. The van der Waals surface area contributed by atoms with Crippen LogP contribution in [0.5, 0.6) is 5.75 Å². The van der Waals surface area contributed by atoms with E-state index >= 15 is 0 Å². The normalized spacial score (nSPS) is 9.39. The lowest BCUT2D eigenvalue weighted by Gasteiger charge is -2.05. The van der Waals surface area contributed by atoms with Crippen LogP contribution in [0, 0.1) is 12.7 Å². The van der Waals surface area contributed by atoms with Crippen LogP contribution < -0.4 is 4.74 Å². The summed E-state index contributed by atoms with van der Waals surface area (Å²) in [4.78, 5) is 0. The molecule has 0 bridgehead atoms. The van der Waals surface area contributed by atoms with E-state index in [9.17, 15) is 4.39 Å². The van der Waals surface area contributed by atoms with Gasteiger partial charge in [0.15, 0.2) is 0 Å². The summed E-state index contributed by atoms with van der Waals surface area (Å²) in [6.07, 6.45) is 0. The van der Waals surface area contributed by atoms with Crippen LogP contribution in [-0.4, -0.2) is 7.11 Å². The maximum absolute atomic E-state index is 13.7. The highest BCUT2D eigenvalue weighted by Crippen LogP contribution is 2.25. The molecule has 0 amide bonds. The van der Waals surface area contributed by atoms with Crippen molar-refractivity contribution in [2.75, 3.05) is 7.11 Å². The van der Waals surface area contributed by atoms with E-state index in [0.717, 1.165) is 16.9 Å². The number of hydrogen-bond acceptors (Lipinski definition) is 1. The molecule has 2 rings (SSSR count). The molecule has 0 heterocycles. The average Bonchev–Trinajstić information content (AvgIpc) is 2.41. The molecule has 0 aromatic heterocycles. The third-order valence-electron chi connectivity index (χ3n) is 2.53. The Morgan fingerprint density at radius 2 is 1.56 bits per heavy atom. The summed E-state index contributed by atoms with van der Waals surface area (Å²) < 4.78 is 18.7. The molecule has 0 atom stereocenters. The lowest BCUT2D eigenvalue weighted by atomic mass is 10.0. The Morgan fingerprint density at radius 1 is 0.944 bits per heavy atom. The van der Waals surface area contributed by atoms with Gasteiger partial charge in [-0.2, -0.15) is 0 Å². The van der Waals surface area contributed by atoms with Gasteiger partial charge in [-0.25, -0.2) is 4.39 Å². The van der Waals surface area contributed by atoms with Gasteiger partial charge in [0.25, 0.3) is 0 Å². The van der Waals surface area contributed by atoms with Crippen LogP contribution in [0.3, 0.4) is 0 Å². The number of rotatable bonds is 2. The van der Waals surface area contributed by atoms with Crippen molar-refractivity contribution < 1.29 is 9.13 Å². The lowest BCUT2D eigenvalue weighted by molar-refractivity contribution is 0.415. The number of aryl methyl sites for hydroxylation is 1. The molecule has 0 saturated carbocycles. The van der Waals surface area contributed by atoms with Gasteiger partial charge in [-0.1, -0.05) is 38.1 Å². The molecule has 0 aliphatic rings. The molecule has 0 radical (unpaired) electrons. The molecule has 0 spiro atoms. The smallest absolute Gasteiger partial charge is 0.131 e. The Balaban J connectivity index is 0.000000771. The SMILES string of the molecule is CC.COc1ccc(-c2ccc(C)cc2F)cc1. The van der Waals surface area contributed by atoms with Crippen LogP contribution in [0.15, 0.2) is 42.5 Å². The fraction of sp³-hybridized carbons (Fsp3) is 0.250. The molecular weight excluding hydrogens is 227 g/mol. The van der Waals surface area contributed by atoms with E-state index in [4.69, 9.17) is 4.74 Å². The Kier molecular flexibility index (Phi) is 5.37. The van der Waals surface area contributed by atoms with Gasteiger partial charge in [0, 0.05) is 5.56 Å². The summed E-state index contributed by atoms with van der Waals surface area (Å²) >= 11 is 0. The molecule has 0 aliphatic carbocycles. The lowest BCUT2D eigenvalue weighted by Crippen LogP contribution is -1.86. The number of halogens is 1. The van der Waals surface area contributed by atoms with Gasteiger partial charge in [0.05, 0.1) is 7.11 Å². The van der Waals surface area contributed by atoms with Crippen LogP contribution in [0.4, 0.5) is 4.39 Å². The van der Waals surface area contributed by atoms with Crippen LogP contribution >= 0.6 is 0 Å². The van der Waals surface area contributed by atoms with E-state index in [2.05, 4.69) is 0 Å². The van der Waals surface area contributed by atoms with E-state index in [1.54, 1.807) is 19.2 Å². The minimum absolute atomic E-state index is 0.190. The van der Waals surface area contributed by atoms with Gasteiger partial charge >= 0.3 is 0 Å². The summed E-state index contributed by atoms with van der Waals surface area (Å²) in [5.74, 6) is 0.585. The van der Waals surface area contributed by atoms with Crippen molar-refractivity contribution in [2.24, 2.45) is 0 Å². The second-order valence-electron chi connectivity index (χ2n) is 3.71. The largest absolute Gasteiger partial charge is 0.497 e. The van der Waals surface area contributed by atoms with E-state index in [-0.39, 0.29) is 5.82 Å². The highest BCUT2D eigenvalue weighted by Gasteiger charge is 2.04. The number of hydrogen-bond donors (Lipinski definition) is 0. The maximum Gasteiger partial charge on any atom is 0.131 e. The second-order valence-corrected chi connectivity index (χ2v) is 3.71. The topological polar surface area (TPSA) is 9.23 Å². The molecule has 1 nitrogen and oxygen atoms in total. The molecular formula is C16H19FO. The number of methoxy groups -OCH3 is 1. The predicted octanol–water partition coefficient (Wildman–Crippen LogP) is 4.84. The Hall–Kier alpha value is -1.83. The first-order chi connectivity index (χ1) is 8.70. The standard InChI is InChI=1S/C14H13FO.C2H6/c1-10-3-8-13(14(15)9-10)11-4-6-12(16-2)7-5-11;1-2/h3-9H,1-2H3;1-2H3. The Morgan fingerprint density at radius 3 is 2.06 bits per heavy atom. The summed E-state index contributed by atoms with van der Waals surface area (Å²) in [5, 5.41) is 0. The fourth-order valence-corrected chi connectivity index (χ4v) is 1.62. The third kappa shape index (κ3) is 3.33. The molecule has 0 aliphatic heterocycles. The number of benzene rings is 2. The van der Waals surface area contributed by atoms with Crippen molar-refractivity contribution in [3.63, 3.8) is 0 Å². The van der Waals surface area contributed by atoms with Crippen molar-refractivity contribution in [1.29, 1.82) is 0 Å². The quantitative estimate of drug-likeness (QED) is 0.737. The number of ether oxygens (including phenoxy) is 1. The molecule has 2 aromatic carbocycles. The van der Waals surface area contributed by atoms with Gasteiger partial charge in [-0.15, -0.1) is 0 Å². The van der Waals surface area contributed by atoms with E-state index < -0.39 is 0 Å². The van der Waals surface area contributed by atoms with Crippen LogP contribution in [0.25, 0.3) is 11.1 Å². The molecule has 2 heteroatoms. The molecule has 0 unspecified atom stereocenters. The van der Waals surface area contributed by atoms with Crippen molar-refractivity contribution in [3.05, 3.63) is 53.8 Å². The fourth-order valence-electron chi connectivity index (χ4n) is 1.62. The maximum atomic E-state index is 13.7. The van der Waals surface area contributed by atoms with Crippen molar-refractivity contribution in [1.82, 2.24) is 0 Å². The van der Waals surface area contributed by atoms with E-state index in [0.29, 0.717) is 5.56 Å². The van der Waals surface area contributed by atoms with Gasteiger partial charge in [-0.05, 0) is 36.2 Å². The summed E-state index contributed by atoms with van der Waals surface area (Å²) in [7, 11) is 1.61. The first kappa shape index (κ1) is 14.2. The van der Waals surface area contributed by atoms with Gasteiger partial charge in [0.1, 0.15) is 11.6 Å². The minimum Gasteiger partial charge on any atom is -0.497 e. The first-order valence-corrected chi connectivity index (χ1v) is 6.11. The van der Waals surface area contributed by atoms with Gasteiger partial charge in [0.2, 0.25) is 0 Å². The predicted molar refractivity (Wildman–Crippen MR) is 74.5 cm³/mol. The average molecular weight is 246 g/mol. The second kappa shape index (κ2) is 6.80. The van der Waals surface area contributed by atoms with Crippen LogP contribution in [0.2, 0.25) is 0 Å². The molecule has 96 valence electrons.